The number of benzene rings is 1. The number of carbonyl (C=O) groups excluding carboxylic acids is 1. The van der Waals surface area contributed by atoms with Crippen LogP contribution < -0.4 is 5.32 Å². The molecule has 2 rings (SSSR count). The van der Waals surface area contributed by atoms with Gasteiger partial charge in [-0.2, -0.15) is 0 Å². The van der Waals surface area contributed by atoms with Gasteiger partial charge >= 0.3 is 0 Å². The van der Waals surface area contributed by atoms with Crippen molar-refractivity contribution < 1.29 is 4.79 Å². The summed E-state index contributed by atoms with van der Waals surface area (Å²) >= 11 is 0. The third-order valence-corrected chi connectivity index (χ3v) is 3.26. The van der Waals surface area contributed by atoms with Gasteiger partial charge in [0.05, 0.1) is 0 Å². The molecule has 0 aliphatic carbocycles. The van der Waals surface area contributed by atoms with Crippen molar-refractivity contribution in [3.05, 3.63) is 34.4 Å². The van der Waals surface area contributed by atoms with Crippen LogP contribution in [0.1, 0.15) is 45.9 Å². The summed E-state index contributed by atoms with van der Waals surface area (Å²) in [6.07, 6.45) is 3.32. The molecule has 1 aromatic carbocycles. The molecule has 1 fully saturated rings. The molecule has 1 aliphatic rings. The van der Waals surface area contributed by atoms with Gasteiger partial charge in [-0.05, 0) is 56.0 Å². The van der Waals surface area contributed by atoms with Crippen LogP contribution in [0, 0.1) is 13.8 Å². The van der Waals surface area contributed by atoms with Crippen molar-refractivity contribution >= 4 is 6.29 Å². The topological polar surface area (TPSA) is 29.1 Å². The Morgan fingerprint density at radius 3 is 2.67 bits per heavy atom. The molecule has 0 amide bonds. The minimum Gasteiger partial charge on any atom is -0.310 e. The minimum atomic E-state index is 0.379. The van der Waals surface area contributed by atoms with E-state index < -0.39 is 0 Å². The number of aryl methyl sites for hydroxylation is 2. The van der Waals surface area contributed by atoms with Gasteiger partial charge in [-0.25, -0.2) is 0 Å². The monoisotopic (exact) mass is 203 g/mol. The molecule has 2 nitrogen and oxygen atoms in total. The van der Waals surface area contributed by atoms with Gasteiger partial charge in [-0.1, -0.05) is 6.07 Å². The maximum absolute atomic E-state index is 11.0. The number of carbonyl (C=O) groups is 1. The Morgan fingerprint density at radius 2 is 2.07 bits per heavy atom. The van der Waals surface area contributed by atoms with Crippen LogP contribution in [0.15, 0.2) is 12.1 Å². The third kappa shape index (κ3) is 1.95. The van der Waals surface area contributed by atoms with Crippen LogP contribution in [0.25, 0.3) is 0 Å². The van der Waals surface area contributed by atoms with Crippen molar-refractivity contribution in [1.82, 2.24) is 5.32 Å². The fourth-order valence-corrected chi connectivity index (χ4v) is 2.21. The largest absolute Gasteiger partial charge is 0.310 e. The first-order valence-corrected chi connectivity index (χ1v) is 5.52. The van der Waals surface area contributed by atoms with E-state index in [9.17, 15) is 4.79 Å². The first kappa shape index (κ1) is 10.4. The minimum absolute atomic E-state index is 0.379. The van der Waals surface area contributed by atoms with Crippen molar-refractivity contribution in [2.24, 2.45) is 0 Å². The first-order valence-electron chi connectivity index (χ1n) is 5.52. The molecule has 2 heteroatoms. The molecular weight excluding hydrogens is 186 g/mol. The normalized spacial score (nSPS) is 20.5. The summed E-state index contributed by atoms with van der Waals surface area (Å²) in [7, 11) is 0. The first-order chi connectivity index (χ1) is 7.22. The van der Waals surface area contributed by atoms with Crippen LogP contribution in [-0.2, 0) is 0 Å². The van der Waals surface area contributed by atoms with E-state index in [0.717, 1.165) is 24.8 Å². The van der Waals surface area contributed by atoms with Gasteiger partial charge in [0.1, 0.15) is 6.29 Å². The van der Waals surface area contributed by atoms with E-state index in [-0.39, 0.29) is 0 Å². The predicted octanol–water partition coefficient (Wildman–Crippen LogP) is 2.54. The Balaban J connectivity index is 2.43. The summed E-state index contributed by atoms with van der Waals surface area (Å²) in [5.74, 6) is 0. The Bertz CT molecular complexity index is 378. The molecule has 15 heavy (non-hydrogen) atoms. The second-order valence-electron chi connectivity index (χ2n) is 4.33. The van der Waals surface area contributed by atoms with Crippen LogP contribution in [0.2, 0.25) is 0 Å². The van der Waals surface area contributed by atoms with Crippen molar-refractivity contribution in [2.45, 2.75) is 32.7 Å². The van der Waals surface area contributed by atoms with Gasteiger partial charge in [0.2, 0.25) is 0 Å². The molecule has 1 heterocycles. The average molecular weight is 203 g/mol. The predicted molar refractivity (Wildman–Crippen MR) is 61.3 cm³/mol. The zero-order valence-electron chi connectivity index (χ0n) is 9.34. The Hall–Kier alpha value is -1.15. The van der Waals surface area contributed by atoms with E-state index in [1.54, 1.807) is 0 Å². The number of nitrogens with one attached hydrogen (secondary N) is 1. The van der Waals surface area contributed by atoms with Crippen LogP contribution in [-0.4, -0.2) is 12.8 Å². The summed E-state index contributed by atoms with van der Waals surface area (Å²) < 4.78 is 0. The van der Waals surface area contributed by atoms with Crippen molar-refractivity contribution in [1.29, 1.82) is 0 Å². The molecule has 1 unspecified atom stereocenters. The number of hydrogen-bond acceptors (Lipinski definition) is 2. The van der Waals surface area contributed by atoms with Crippen LogP contribution in [0.3, 0.4) is 0 Å². The maximum atomic E-state index is 11.0. The summed E-state index contributed by atoms with van der Waals surface area (Å²) in [5, 5.41) is 3.44. The SMILES string of the molecule is Cc1cc(C=O)c(C2CCCN2)cc1C. The van der Waals surface area contributed by atoms with Gasteiger partial charge in [-0.3, -0.25) is 4.79 Å². The lowest BCUT2D eigenvalue weighted by Crippen LogP contribution is -2.15. The lowest BCUT2D eigenvalue weighted by atomic mass is 9.95. The molecule has 1 aliphatic heterocycles. The molecule has 0 saturated carbocycles. The van der Waals surface area contributed by atoms with E-state index in [4.69, 9.17) is 0 Å². The second kappa shape index (κ2) is 4.15. The highest BCUT2D eigenvalue weighted by Crippen LogP contribution is 2.27. The quantitative estimate of drug-likeness (QED) is 0.748. The Morgan fingerprint density at radius 1 is 1.33 bits per heavy atom. The van der Waals surface area contributed by atoms with Gasteiger partial charge < -0.3 is 5.32 Å². The standard InChI is InChI=1S/C13H17NO/c1-9-6-11(8-15)12(7-10(9)2)13-4-3-5-14-13/h6-8,13-14H,3-5H2,1-2H3. The van der Waals surface area contributed by atoms with E-state index in [1.165, 1.54) is 23.1 Å². The number of rotatable bonds is 2. The molecule has 80 valence electrons. The van der Waals surface area contributed by atoms with E-state index >= 15 is 0 Å². The Kier molecular flexibility index (Phi) is 2.87. The second-order valence-corrected chi connectivity index (χ2v) is 4.33. The summed E-state index contributed by atoms with van der Waals surface area (Å²) in [6, 6.07) is 4.53. The molecular formula is C13H17NO. The molecule has 1 saturated heterocycles. The highest BCUT2D eigenvalue weighted by Gasteiger charge is 2.19. The van der Waals surface area contributed by atoms with Crippen molar-refractivity contribution in [2.75, 3.05) is 6.54 Å². The van der Waals surface area contributed by atoms with Crippen molar-refractivity contribution in [3.8, 4) is 0 Å². The molecule has 0 spiro atoms. The zero-order chi connectivity index (χ0) is 10.8. The van der Waals surface area contributed by atoms with Crippen molar-refractivity contribution in [3.63, 3.8) is 0 Å². The van der Waals surface area contributed by atoms with Gasteiger partial charge in [0, 0.05) is 11.6 Å². The van der Waals surface area contributed by atoms with Gasteiger partial charge in [0.15, 0.2) is 0 Å². The molecule has 1 aromatic rings. The summed E-state index contributed by atoms with van der Waals surface area (Å²) in [4.78, 5) is 11.0. The molecule has 1 atom stereocenters. The van der Waals surface area contributed by atoms with Gasteiger partial charge in [0.25, 0.3) is 0 Å². The summed E-state index contributed by atoms with van der Waals surface area (Å²) in [6.45, 7) is 5.21. The molecule has 0 aromatic heterocycles. The number of hydrogen-bond donors (Lipinski definition) is 1. The Labute approximate surface area is 90.7 Å². The third-order valence-electron chi connectivity index (χ3n) is 3.26. The van der Waals surface area contributed by atoms with Crippen LogP contribution in [0.5, 0.6) is 0 Å². The average Bonchev–Trinajstić information content (AvgIpc) is 2.74. The maximum Gasteiger partial charge on any atom is 0.150 e. The fourth-order valence-electron chi connectivity index (χ4n) is 2.21. The molecule has 0 radical (unpaired) electrons. The fraction of sp³-hybridized carbons (Fsp3) is 0.462. The molecule has 1 N–H and O–H groups in total. The number of aldehydes is 1. The zero-order valence-corrected chi connectivity index (χ0v) is 9.34. The van der Waals surface area contributed by atoms with E-state index in [1.807, 2.05) is 13.0 Å². The van der Waals surface area contributed by atoms with Crippen LogP contribution >= 0.6 is 0 Å². The lowest BCUT2D eigenvalue weighted by molar-refractivity contribution is 0.112. The van der Waals surface area contributed by atoms with E-state index in [0.29, 0.717) is 6.04 Å². The highest BCUT2D eigenvalue weighted by molar-refractivity contribution is 5.78. The van der Waals surface area contributed by atoms with Crippen LogP contribution in [0.4, 0.5) is 0 Å². The highest BCUT2D eigenvalue weighted by atomic mass is 16.1. The summed E-state index contributed by atoms with van der Waals surface area (Å²) in [5.41, 5.74) is 4.48. The van der Waals surface area contributed by atoms with E-state index in [2.05, 4.69) is 18.3 Å². The van der Waals surface area contributed by atoms with Gasteiger partial charge in [-0.15, -0.1) is 0 Å². The smallest absolute Gasteiger partial charge is 0.150 e. The lowest BCUT2D eigenvalue weighted by Gasteiger charge is -2.15. The molecule has 0 bridgehead atoms.